The molecule has 1 aliphatic rings. The van der Waals surface area contributed by atoms with Gasteiger partial charge < -0.3 is 25.2 Å². The van der Waals surface area contributed by atoms with Crippen LogP contribution in [-0.2, 0) is 14.4 Å². The summed E-state index contributed by atoms with van der Waals surface area (Å²) in [4.78, 5) is 54.3. The van der Waals surface area contributed by atoms with Gasteiger partial charge in [0, 0.05) is 25.0 Å². The fraction of sp³-hybridized carbons (Fsp3) is 0.643. The second kappa shape index (κ2) is 12.7. The van der Waals surface area contributed by atoms with E-state index in [0.29, 0.717) is 0 Å². The van der Waals surface area contributed by atoms with Crippen molar-refractivity contribution in [2.24, 2.45) is 5.92 Å². The fourth-order valence-corrected chi connectivity index (χ4v) is 4.27. The van der Waals surface area contributed by atoms with Crippen molar-refractivity contribution in [3.8, 4) is 5.75 Å². The number of ether oxygens (including phenoxy) is 1. The maximum atomic E-state index is 14.5. The first-order chi connectivity index (χ1) is 17.9. The minimum Gasteiger partial charge on any atom is -0.483 e. The Balaban J connectivity index is 2.27. The molecule has 39 heavy (non-hydrogen) atoms. The zero-order chi connectivity index (χ0) is 29.7. The van der Waals surface area contributed by atoms with Crippen LogP contribution in [0.5, 0.6) is 5.75 Å². The van der Waals surface area contributed by atoms with Gasteiger partial charge in [-0.2, -0.15) is 0 Å². The van der Waals surface area contributed by atoms with Crippen molar-refractivity contribution in [2.45, 2.75) is 90.9 Å². The van der Waals surface area contributed by atoms with Crippen molar-refractivity contribution in [1.29, 1.82) is 0 Å². The maximum absolute atomic E-state index is 14.5. The molecule has 0 spiro atoms. The number of alkyl halides is 2. The van der Waals surface area contributed by atoms with Crippen LogP contribution in [0.2, 0.25) is 0 Å². The molecule has 1 aromatic rings. The number of likely N-dealkylation sites (N-methyl/N-ethyl adjacent to an activating group) is 1. The number of amides is 4. The van der Waals surface area contributed by atoms with E-state index in [9.17, 15) is 28.0 Å². The number of nitrogens with zero attached hydrogens (tertiary/aromatic N) is 2. The summed E-state index contributed by atoms with van der Waals surface area (Å²) in [5.41, 5.74) is -0.376. The normalized spacial score (nSPS) is 17.6. The lowest BCUT2D eigenvalue weighted by Crippen LogP contribution is -2.54. The quantitative estimate of drug-likeness (QED) is 0.464. The standard InChI is InChI=1S/C28H42F2N4O5/c1-17(2)13-20(25(37)34-16-28(29,30)14-21(34)26(38)33(8)18(3)4)31-24(36)19-11-9-10-12-22(19)39-15-23(35)32-27(5,6)7/h9-12,17-18,20-21H,13-16H2,1-8H3,(H,31,36)(H,32,35)/t20-,21-/m1/s1. The van der Waals surface area contributed by atoms with E-state index in [-0.39, 0.29) is 42.2 Å². The summed E-state index contributed by atoms with van der Waals surface area (Å²) in [6, 6.07) is 3.53. The van der Waals surface area contributed by atoms with Gasteiger partial charge in [-0.1, -0.05) is 26.0 Å². The molecule has 2 N–H and O–H groups in total. The number of hydrogen-bond donors (Lipinski definition) is 2. The third-order valence-corrected chi connectivity index (χ3v) is 6.28. The van der Waals surface area contributed by atoms with Crippen molar-refractivity contribution in [3.05, 3.63) is 29.8 Å². The molecule has 0 aromatic heterocycles. The minimum absolute atomic E-state index is 0.0672. The van der Waals surface area contributed by atoms with Crippen LogP contribution in [0.15, 0.2) is 24.3 Å². The van der Waals surface area contributed by atoms with Gasteiger partial charge in [-0.3, -0.25) is 19.2 Å². The molecule has 0 saturated carbocycles. The topological polar surface area (TPSA) is 108 Å². The molecule has 0 aliphatic carbocycles. The molecule has 0 radical (unpaired) electrons. The van der Waals surface area contributed by atoms with Crippen LogP contribution in [-0.4, -0.2) is 83.2 Å². The van der Waals surface area contributed by atoms with Gasteiger partial charge >= 0.3 is 0 Å². The minimum atomic E-state index is -3.23. The lowest BCUT2D eigenvalue weighted by atomic mass is 10.0. The summed E-state index contributed by atoms with van der Waals surface area (Å²) in [7, 11) is 1.51. The monoisotopic (exact) mass is 552 g/mol. The van der Waals surface area contributed by atoms with Crippen molar-refractivity contribution < 1.29 is 32.7 Å². The van der Waals surface area contributed by atoms with Gasteiger partial charge in [0.25, 0.3) is 17.7 Å². The molecular formula is C28H42F2N4O5. The highest BCUT2D eigenvalue weighted by atomic mass is 19.3. The third kappa shape index (κ3) is 9.18. The lowest BCUT2D eigenvalue weighted by Gasteiger charge is -2.32. The van der Waals surface area contributed by atoms with Crippen LogP contribution < -0.4 is 15.4 Å². The van der Waals surface area contributed by atoms with Gasteiger partial charge in [0.05, 0.1) is 12.1 Å². The Morgan fingerprint density at radius 2 is 1.74 bits per heavy atom. The van der Waals surface area contributed by atoms with Crippen molar-refractivity contribution in [1.82, 2.24) is 20.4 Å². The number of nitrogens with one attached hydrogen (secondary N) is 2. The van der Waals surface area contributed by atoms with Gasteiger partial charge in [0.2, 0.25) is 11.8 Å². The van der Waals surface area contributed by atoms with E-state index in [0.717, 1.165) is 4.90 Å². The van der Waals surface area contributed by atoms with Crippen molar-refractivity contribution >= 4 is 23.6 Å². The molecule has 0 bridgehead atoms. The Labute approximate surface area is 229 Å². The van der Waals surface area contributed by atoms with Gasteiger partial charge in [0.1, 0.15) is 17.8 Å². The van der Waals surface area contributed by atoms with Gasteiger partial charge in [0.15, 0.2) is 6.61 Å². The molecule has 1 aliphatic heterocycles. The highest BCUT2D eigenvalue weighted by molar-refractivity contribution is 6.00. The third-order valence-electron chi connectivity index (χ3n) is 6.28. The summed E-state index contributed by atoms with van der Waals surface area (Å²) < 4.78 is 34.6. The number of hydrogen-bond acceptors (Lipinski definition) is 5. The molecule has 218 valence electrons. The number of para-hydroxylation sites is 1. The molecule has 4 amide bonds. The van der Waals surface area contributed by atoms with E-state index >= 15 is 0 Å². The molecule has 9 nitrogen and oxygen atoms in total. The Kier molecular flexibility index (Phi) is 10.4. The number of carbonyl (C=O) groups is 4. The highest BCUT2D eigenvalue weighted by Gasteiger charge is 2.52. The van der Waals surface area contributed by atoms with Gasteiger partial charge in [-0.15, -0.1) is 0 Å². The largest absolute Gasteiger partial charge is 0.483 e. The molecule has 1 fully saturated rings. The smallest absolute Gasteiger partial charge is 0.267 e. The summed E-state index contributed by atoms with van der Waals surface area (Å²) in [5.74, 6) is -5.51. The fourth-order valence-electron chi connectivity index (χ4n) is 4.27. The molecular weight excluding hydrogens is 510 g/mol. The van der Waals surface area contributed by atoms with E-state index < -0.39 is 54.2 Å². The molecule has 1 heterocycles. The molecule has 0 unspecified atom stereocenters. The first-order valence-corrected chi connectivity index (χ1v) is 13.2. The van der Waals surface area contributed by atoms with Crippen LogP contribution in [0.25, 0.3) is 0 Å². The average molecular weight is 553 g/mol. The Bertz CT molecular complexity index is 1050. The maximum Gasteiger partial charge on any atom is 0.267 e. The van der Waals surface area contributed by atoms with Crippen LogP contribution in [0, 0.1) is 5.92 Å². The van der Waals surface area contributed by atoms with Crippen molar-refractivity contribution in [2.75, 3.05) is 20.2 Å². The second-order valence-electron chi connectivity index (χ2n) is 11.8. The average Bonchev–Trinajstić information content (AvgIpc) is 3.14. The lowest BCUT2D eigenvalue weighted by molar-refractivity contribution is -0.145. The van der Waals surface area contributed by atoms with Crippen LogP contribution in [0.3, 0.4) is 0 Å². The van der Waals surface area contributed by atoms with E-state index in [1.54, 1.807) is 26.0 Å². The van der Waals surface area contributed by atoms with Crippen LogP contribution in [0.1, 0.15) is 71.7 Å². The number of carbonyl (C=O) groups excluding carboxylic acids is 4. The predicted octanol–water partition coefficient (Wildman–Crippen LogP) is 3.23. The van der Waals surface area contributed by atoms with Crippen LogP contribution in [0.4, 0.5) is 8.78 Å². The summed E-state index contributed by atoms with van der Waals surface area (Å²) in [6.07, 6.45) is -0.602. The number of halogens is 2. The molecule has 2 rings (SSSR count). The number of rotatable bonds is 10. The van der Waals surface area contributed by atoms with Crippen LogP contribution >= 0.6 is 0 Å². The molecule has 1 aromatic carbocycles. The Hall–Kier alpha value is -3.24. The summed E-state index contributed by atoms with van der Waals surface area (Å²) >= 11 is 0. The highest BCUT2D eigenvalue weighted by Crippen LogP contribution is 2.34. The number of benzene rings is 1. The van der Waals surface area contributed by atoms with Crippen molar-refractivity contribution in [3.63, 3.8) is 0 Å². The first kappa shape index (κ1) is 32.0. The summed E-state index contributed by atoms with van der Waals surface area (Å²) in [5, 5.41) is 5.43. The zero-order valence-corrected chi connectivity index (χ0v) is 24.1. The Morgan fingerprint density at radius 3 is 2.31 bits per heavy atom. The van der Waals surface area contributed by atoms with E-state index in [2.05, 4.69) is 10.6 Å². The summed E-state index contributed by atoms with van der Waals surface area (Å²) in [6.45, 7) is 11.4. The molecule has 1 saturated heterocycles. The van der Waals surface area contributed by atoms with Gasteiger partial charge in [-0.25, -0.2) is 8.78 Å². The molecule has 2 atom stereocenters. The first-order valence-electron chi connectivity index (χ1n) is 13.2. The zero-order valence-electron chi connectivity index (χ0n) is 24.1. The van der Waals surface area contributed by atoms with E-state index in [1.165, 1.54) is 24.1 Å². The SMILES string of the molecule is CC(C)C[C@@H](NC(=O)c1ccccc1OCC(=O)NC(C)(C)C)C(=O)N1CC(F)(F)C[C@@H]1C(=O)N(C)C(C)C. The second-order valence-corrected chi connectivity index (χ2v) is 11.8. The van der Waals surface area contributed by atoms with E-state index in [4.69, 9.17) is 4.74 Å². The predicted molar refractivity (Wildman–Crippen MR) is 144 cm³/mol. The molecule has 11 heteroatoms. The van der Waals surface area contributed by atoms with Gasteiger partial charge in [-0.05, 0) is 59.1 Å². The Morgan fingerprint density at radius 1 is 1.13 bits per heavy atom. The van der Waals surface area contributed by atoms with E-state index in [1.807, 2.05) is 34.6 Å². The number of likely N-dealkylation sites (tertiary alicyclic amines) is 1.